The predicted molar refractivity (Wildman–Crippen MR) is 83.4 cm³/mol. The van der Waals surface area contributed by atoms with Gasteiger partial charge in [-0.1, -0.05) is 13.8 Å². The smallest absolute Gasteiger partial charge is 0.224 e. The van der Waals surface area contributed by atoms with Crippen molar-refractivity contribution in [2.45, 2.75) is 26.7 Å². The molecule has 0 saturated carbocycles. The number of nitrogens with one attached hydrogen (secondary N) is 1. The number of halogens is 1. The Morgan fingerprint density at radius 1 is 1.38 bits per heavy atom. The minimum atomic E-state index is -0.459. The van der Waals surface area contributed by atoms with Gasteiger partial charge in [0.25, 0.3) is 0 Å². The fourth-order valence-electron chi connectivity index (χ4n) is 2.75. The molecule has 2 atom stereocenters. The molecule has 5 heteroatoms. The average Bonchev–Trinajstić information content (AvgIpc) is 2.73. The van der Waals surface area contributed by atoms with Gasteiger partial charge in [-0.05, 0) is 43.0 Å². The molecule has 1 fully saturated rings. The van der Waals surface area contributed by atoms with Crippen LogP contribution in [0.1, 0.15) is 26.7 Å². The summed E-state index contributed by atoms with van der Waals surface area (Å²) in [6.07, 6.45) is 1.18. The molecule has 4 nitrogen and oxygen atoms in total. The summed E-state index contributed by atoms with van der Waals surface area (Å²) >= 11 is 0. The minimum absolute atomic E-state index is 0.156. The minimum Gasteiger partial charge on any atom is -0.399 e. The highest BCUT2D eigenvalue weighted by Crippen LogP contribution is 2.22. The monoisotopic (exact) mass is 293 g/mol. The van der Waals surface area contributed by atoms with E-state index in [4.69, 9.17) is 5.73 Å². The molecule has 0 aromatic heterocycles. The van der Waals surface area contributed by atoms with Crippen LogP contribution in [0.2, 0.25) is 0 Å². The Labute approximate surface area is 125 Å². The molecule has 1 saturated heterocycles. The van der Waals surface area contributed by atoms with Gasteiger partial charge in [0.05, 0.1) is 5.69 Å². The van der Waals surface area contributed by atoms with E-state index >= 15 is 0 Å². The van der Waals surface area contributed by atoms with Crippen LogP contribution < -0.4 is 11.1 Å². The number of likely N-dealkylation sites (tertiary alicyclic amines) is 1. The van der Waals surface area contributed by atoms with Crippen molar-refractivity contribution in [2.75, 3.05) is 30.7 Å². The third-order valence-electron chi connectivity index (χ3n) is 4.21. The molecule has 3 N–H and O–H groups in total. The molecule has 0 radical (unpaired) electrons. The second-order valence-electron chi connectivity index (χ2n) is 6.11. The Morgan fingerprint density at radius 2 is 2.05 bits per heavy atom. The lowest BCUT2D eigenvalue weighted by Gasteiger charge is -2.15. The summed E-state index contributed by atoms with van der Waals surface area (Å²) in [6, 6.07) is 4.18. The number of nitrogen functional groups attached to an aromatic ring is 1. The quantitative estimate of drug-likeness (QED) is 0.821. The summed E-state index contributed by atoms with van der Waals surface area (Å²) in [4.78, 5) is 14.2. The number of nitrogens with two attached hydrogens (primary N) is 1. The topological polar surface area (TPSA) is 58.4 Å². The van der Waals surface area contributed by atoms with Gasteiger partial charge >= 0.3 is 0 Å². The second-order valence-corrected chi connectivity index (χ2v) is 6.11. The molecule has 0 aliphatic carbocycles. The lowest BCUT2D eigenvalue weighted by Crippen LogP contribution is -2.23. The molecule has 1 aromatic carbocycles. The maximum atomic E-state index is 13.5. The van der Waals surface area contributed by atoms with Gasteiger partial charge in [0.15, 0.2) is 0 Å². The lowest BCUT2D eigenvalue weighted by molar-refractivity contribution is -0.116. The maximum absolute atomic E-state index is 13.5. The molecule has 1 amide bonds. The van der Waals surface area contributed by atoms with E-state index < -0.39 is 5.82 Å². The number of hydrogen-bond donors (Lipinski definition) is 2. The van der Waals surface area contributed by atoms with Gasteiger partial charge in [0, 0.05) is 25.2 Å². The van der Waals surface area contributed by atoms with Gasteiger partial charge < -0.3 is 16.0 Å². The van der Waals surface area contributed by atoms with Crippen molar-refractivity contribution >= 4 is 17.3 Å². The maximum Gasteiger partial charge on any atom is 0.224 e. The Hall–Kier alpha value is -1.62. The first kappa shape index (κ1) is 15.8. The van der Waals surface area contributed by atoms with E-state index in [1.165, 1.54) is 18.2 Å². The van der Waals surface area contributed by atoms with Crippen molar-refractivity contribution in [3.63, 3.8) is 0 Å². The largest absolute Gasteiger partial charge is 0.399 e. The van der Waals surface area contributed by atoms with Crippen molar-refractivity contribution in [3.05, 3.63) is 24.0 Å². The first-order chi connectivity index (χ1) is 9.95. The van der Waals surface area contributed by atoms with Crippen LogP contribution in [0, 0.1) is 17.7 Å². The Morgan fingerprint density at radius 3 is 2.71 bits per heavy atom. The van der Waals surface area contributed by atoms with Gasteiger partial charge in [0.1, 0.15) is 5.82 Å². The summed E-state index contributed by atoms with van der Waals surface area (Å²) in [6.45, 7) is 7.65. The van der Waals surface area contributed by atoms with Crippen LogP contribution in [0.5, 0.6) is 0 Å². The molecule has 0 spiro atoms. The summed E-state index contributed by atoms with van der Waals surface area (Å²) in [5, 5.41) is 2.58. The van der Waals surface area contributed by atoms with Gasteiger partial charge in [-0.15, -0.1) is 0 Å². The van der Waals surface area contributed by atoms with E-state index in [9.17, 15) is 9.18 Å². The van der Waals surface area contributed by atoms with Gasteiger partial charge in [-0.3, -0.25) is 4.79 Å². The van der Waals surface area contributed by atoms with Crippen LogP contribution in [0.4, 0.5) is 15.8 Å². The molecule has 1 aromatic rings. The van der Waals surface area contributed by atoms with Crippen molar-refractivity contribution in [1.29, 1.82) is 0 Å². The normalized spacial score (nSPS) is 22.4. The average molecular weight is 293 g/mol. The third-order valence-corrected chi connectivity index (χ3v) is 4.21. The van der Waals surface area contributed by atoms with Crippen LogP contribution in [-0.2, 0) is 4.79 Å². The highest BCUT2D eigenvalue weighted by atomic mass is 19.1. The zero-order valence-corrected chi connectivity index (χ0v) is 12.7. The number of hydrogen-bond acceptors (Lipinski definition) is 3. The van der Waals surface area contributed by atoms with Crippen LogP contribution in [-0.4, -0.2) is 30.4 Å². The number of carbonyl (C=O) groups excluding carboxylic acids is 1. The molecule has 1 heterocycles. The van der Waals surface area contributed by atoms with E-state index in [0.717, 1.165) is 37.9 Å². The van der Waals surface area contributed by atoms with E-state index in [1.54, 1.807) is 0 Å². The highest BCUT2D eigenvalue weighted by molar-refractivity contribution is 5.91. The number of benzene rings is 1. The Kier molecular flexibility index (Phi) is 5.17. The summed E-state index contributed by atoms with van der Waals surface area (Å²) < 4.78 is 13.5. The zero-order chi connectivity index (χ0) is 15.4. The second kappa shape index (κ2) is 6.89. The van der Waals surface area contributed by atoms with E-state index in [0.29, 0.717) is 12.1 Å². The standard InChI is InChI=1S/C16H24FN3O/c1-11-9-20(10-12(11)2)7-3-4-16(21)19-15-8-13(18)5-6-14(15)17/h5-6,8,11-12H,3-4,7,9-10,18H2,1-2H3,(H,19,21). The van der Waals surface area contributed by atoms with Crippen molar-refractivity contribution < 1.29 is 9.18 Å². The Bertz CT molecular complexity index is 496. The number of anilines is 2. The van der Waals surface area contributed by atoms with E-state index in [2.05, 4.69) is 24.1 Å². The molecule has 0 bridgehead atoms. The van der Waals surface area contributed by atoms with Gasteiger partial charge in [-0.25, -0.2) is 4.39 Å². The van der Waals surface area contributed by atoms with Crippen LogP contribution in [0.25, 0.3) is 0 Å². The third kappa shape index (κ3) is 4.43. The fourth-order valence-corrected chi connectivity index (χ4v) is 2.75. The zero-order valence-electron chi connectivity index (χ0n) is 12.7. The summed E-state index contributed by atoms with van der Waals surface area (Å²) in [7, 11) is 0. The molecule has 2 unspecified atom stereocenters. The van der Waals surface area contributed by atoms with Crippen LogP contribution >= 0.6 is 0 Å². The predicted octanol–water partition coefficient (Wildman–Crippen LogP) is 2.71. The first-order valence-corrected chi connectivity index (χ1v) is 7.53. The van der Waals surface area contributed by atoms with Gasteiger partial charge in [-0.2, -0.15) is 0 Å². The number of amides is 1. The molecular weight excluding hydrogens is 269 g/mol. The van der Waals surface area contributed by atoms with Crippen molar-refractivity contribution in [2.24, 2.45) is 11.8 Å². The first-order valence-electron chi connectivity index (χ1n) is 7.53. The fraction of sp³-hybridized carbons (Fsp3) is 0.562. The summed E-state index contributed by atoms with van der Waals surface area (Å²) in [5.41, 5.74) is 6.18. The van der Waals surface area contributed by atoms with Crippen LogP contribution in [0.3, 0.4) is 0 Å². The SMILES string of the molecule is CC1CN(CCCC(=O)Nc2cc(N)ccc2F)CC1C. The molecule has 116 valence electrons. The van der Waals surface area contributed by atoms with Crippen LogP contribution in [0.15, 0.2) is 18.2 Å². The molecule has 1 aliphatic rings. The highest BCUT2D eigenvalue weighted by Gasteiger charge is 2.25. The lowest BCUT2D eigenvalue weighted by atomic mass is 10.0. The van der Waals surface area contributed by atoms with Crippen molar-refractivity contribution in [3.8, 4) is 0 Å². The van der Waals surface area contributed by atoms with Crippen molar-refractivity contribution in [1.82, 2.24) is 4.90 Å². The number of carbonyl (C=O) groups is 1. The number of nitrogens with zero attached hydrogens (tertiary/aromatic N) is 1. The molecular formula is C16H24FN3O. The van der Waals surface area contributed by atoms with E-state index in [1.807, 2.05) is 0 Å². The summed E-state index contributed by atoms with van der Waals surface area (Å²) in [5.74, 6) is 0.819. The molecule has 1 aliphatic heterocycles. The molecule has 21 heavy (non-hydrogen) atoms. The van der Waals surface area contributed by atoms with Gasteiger partial charge in [0.2, 0.25) is 5.91 Å². The Balaban J connectivity index is 1.74. The van der Waals surface area contributed by atoms with E-state index in [-0.39, 0.29) is 11.6 Å². The molecule has 2 rings (SSSR count). The number of rotatable bonds is 5.